The van der Waals surface area contributed by atoms with Crippen LogP contribution in [0.1, 0.15) is 31.1 Å². The zero-order chi connectivity index (χ0) is 23.5. The predicted octanol–water partition coefficient (Wildman–Crippen LogP) is 1.74. The van der Waals surface area contributed by atoms with Crippen molar-refractivity contribution >= 4 is 35.9 Å². The van der Waals surface area contributed by atoms with Gasteiger partial charge in [-0.3, -0.25) is 19.7 Å². The molecule has 164 valence electrons. The molecule has 0 fully saturated rings. The standard InChI is InChI=1S/C8H8N2O2.C7H6O4.C2H8NO2PS/c9-7(11)5-1-2-6(4-3-5)8(10)12;8-5-2-1-4(7(10)11)3-6(5)9;1-5-6(3,4)7-2/h1-4H,(H2,9,11)(H2,10,12);1-3,8-9H,(H,10,11);1-2H3,(H2,3,4). The van der Waals surface area contributed by atoms with Gasteiger partial charge in [-0.25, -0.2) is 4.79 Å². The Balaban J connectivity index is 0.000000437. The number of amides is 2. The number of phenols is 2. The van der Waals surface area contributed by atoms with Gasteiger partial charge in [0.2, 0.25) is 11.8 Å². The number of aromatic carboxylic acids is 1. The minimum atomic E-state index is -2.74. The maximum Gasteiger partial charge on any atom is 0.335 e. The smallest absolute Gasteiger partial charge is 0.335 e. The van der Waals surface area contributed by atoms with Gasteiger partial charge in [-0.2, -0.15) is 0 Å². The van der Waals surface area contributed by atoms with Crippen molar-refractivity contribution in [1.82, 2.24) is 0 Å². The minimum Gasteiger partial charge on any atom is -0.504 e. The number of carbonyl (C=O) groups excluding carboxylic acids is 2. The number of carbonyl (C=O) groups is 3. The van der Waals surface area contributed by atoms with Crippen molar-refractivity contribution in [2.45, 2.75) is 0 Å². The zero-order valence-corrected chi connectivity index (χ0v) is 17.7. The Kier molecular flexibility index (Phi) is 11.2. The second-order valence-electron chi connectivity index (χ2n) is 5.22. The molecule has 2 aromatic rings. The van der Waals surface area contributed by atoms with Gasteiger partial charge in [0.05, 0.1) is 5.56 Å². The largest absolute Gasteiger partial charge is 0.504 e. The van der Waals surface area contributed by atoms with Crippen molar-refractivity contribution in [3.8, 4) is 11.5 Å². The molecule has 0 aliphatic heterocycles. The second-order valence-corrected chi connectivity index (χ2v) is 9.65. The average Bonchev–Trinajstić information content (AvgIpc) is 2.71. The highest BCUT2D eigenvalue weighted by molar-refractivity contribution is 8.55. The summed E-state index contributed by atoms with van der Waals surface area (Å²) in [5.74, 6) is -2.93. The van der Waals surface area contributed by atoms with E-state index < -0.39 is 30.3 Å². The van der Waals surface area contributed by atoms with Crippen LogP contribution >= 0.6 is 18.1 Å². The normalized spacial score (nSPS) is 11.6. The SMILES string of the molecule is COP(N)(=O)SC.NC(=O)c1ccc(C(N)=O)cc1.O=C(O)c1ccc(O)c(O)c1. The Morgan fingerprint density at radius 3 is 1.53 bits per heavy atom. The van der Waals surface area contributed by atoms with E-state index in [1.165, 1.54) is 37.4 Å². The highest BCUT2D eigenvalue weighted by atomic mass is 32.7. The fourth-order valence-electron chi connectivity index (χ4n) is 1.53. The average molecular weight is 459 g/mol. The third-order valence-electron chi connectivity index (χ3n) is 3.19. The molecule has 1 unspecified atom stereocenters. The number of carboxylic acids is 1. The van der Waals surface area contributed by atoms with E-state index >= 15 is 0 Å². The molecular weight excluding hydrogens is 437 g/mol. The summed E-state index contributed by atoms with van der Waals surface area (Å²) in [5, 5.41) is 26.0. The fourth-order valence-corrected chi connectivity index (χ4v) is 2.13. The summed E-state index contributed by atoms with van der Waals surface area (Å²) in [6.07, 6.45) is 1.64. The van der Waals surface area contributed by atoms with Crippen LogP contribution in [0.3, 0.4) is 0 Å². The summed E-state index contributed by atoms with van der Waals surface area (Å²) >= 11 is 1.04. The zero-order valence-electron chi connectivity index (χ0n) is 16.0. The van der Waals surface area contributed by atoms with Gasteiger partial charge >= 0.3 is 12.7 Å². The molecule has 0 saturated heterocycles. The molecule has 11 nitrogen and oxygen atoms in total. The Morgan fingerprint density at radius 1 is 0.900 bits per heavy atom. The number of benzene rings is 2. The fraction of sp³-hybridized carbons (Fsp3) is 0.118. The van der Waals surface area contributed by atoms with E-state index in [2.05, 4.69) is 4.52 Å². The topological polar surface area (TPSA) is 216 Å². The van der Waals surface area contributed by atoms with Crippen LogP contribution in [-0.2, 0) is 9.09 Å². The molecule has 2 aromatic carbocycles. The third-order valence-corrected chi connectivity index (χ3v) is 6.18. The first-order valence-corrected chi connectivity index (χ1v) is 11.3. The van der Waals surface area contributed by atoms with Crippen LogP contribution in [0.15, 0.2) is 42.5 Å². The van der Waals surface area contributed by atoms with Crippen molar-refractivity contribution in [1.29, 1.82) is 0 Å². The molecular formula is C17H22N3O8PS. The summed E-state index contributed by atoms with van der Waals surface area (Å²) < 4.78 is 14.9. The van der Waals surface area contributed by atoms with Crippen molar-refractivity contribution in [2.24, 2.45) is 17.0 Å². The summed E-state index contributed by atoms with van der Waals surface area (Å²) in [6, 6.07) is 9.16. The van der Waals surface area contributed by atoms with Crippen LogP contribution in [0.2, 0.25) is 0 Å². The van der Waals surface area contributed by atoms with Gasteiger partial charge in [-0.15, -0.1) is 0 Å². The van der Waals surface area contributed by atoms with E-state index in [4.69, 9.17) is 32.3 Å². The Hall–Kier alpha value is -3.05. The summed E-state index contributed by atoms with van der Waals surface area (Å²) in [7, 11) is 1.33. The van der Waals surface area contributed by atoms with Crippen LogP contribution in [0.25, 0.3) is 0 Å². The van der Waals surface area contributed by atoms with Crippen LogP contribution in [0, 0.1) is 0 Å². The van der Waals surface area contributed by atoms with E-state index in [1.54, 1.807) is 6.26 Å². The molecule has 0 radical (unpaired) electrons. The van der Waals surface area contributed by atoms with Crippen LogP contribution in [0.5, 0.6) is 11.5 Å². The van der Waals surface area contributed by atoms with Crippen LogP contribution < -0.4 is 17.0 Å². The van der Waals surface area contributed by atoms with Crippen molar-refractivity contribution in [2.75, 3.05) is 13.4 Å². The number of rotatable bonds is 5. The van der Waals surface area contributed by atoms with Crippen LogP contribution in [-0.4, -0.2) is 46.5 Å². The summed E-state index contributed by atoms with van der Waals surface area (Å²) in [6.45, 7) is -2.74. The van der Waals surface area contributed by atoms with E-state index in [0.29, 0.717) is 11.1 Å². The number of hydrogen-bond acceptors (Lipinski definition) is 8. The number of carboxylic acid groups (broad SMARTS) is 1. The summed E-state index contributed by atoms with van der Waals surface area (Å²) in [5.41, 5.74) is 15.6. The van der Waals surface area contributed by atoms with Crippen LogP contribution in [0.4, 0.5) is 0 Å². The molecule has 0 aliphatic rings. The number of aromatic hydroxyl groups is 2. The molecule has 0 aromatic heterocycles. The van der Waals surface area contributed by atoms with Gasteiger partial charge in [-0.05, 0) is 48.7 Å². The molecule has 30 heavy (non-hydrogen) atoms. The molecule has 13 heteroatoms. The lowest BCUT2D eigenvalue weighted by Gasteiger charge is -2.02. The van der Waals surface area contributed by atoms with E-state index in [0.717, 1.165) is 23.5 Å². The lowest BCUT2D eigenvalue weighted by atomic mass is 10.1. The van der Waals surface area contributed by atoms with Gasteiger partial charge in [0.1, 0.15) is 0 Å². The monoisotopic (exact) mass is 459 g/mol. The van der Waals surface area contributed by atoms with E-state index in [-0.39, 0.29) is 11.3 Å². The minimum absolute atomic E-state index is 0.0553. The Bertz CT molecular complexity index is 896. The first-order chi connectivity index (χ1) is 13.8. The van der Waals surface area contributed by atoms with Crippen molar-refractivity contribution < 1.29 is 38.8 Å². The maximum atomic E-state index is 10.6. The number of nitrogens with two attached hydrogens (primary N) is 3. The first-order valence-electron chi connectivity index (χ1n) is 7.79. The Morgan fingerprint density at radius 2 is 1.30 bits per heavy atom. The van der Waals surface area contributed by atoms with Gasteiger partial charge in [0.15, 0.2) is 11.5 Å². The highest BCUT2D eigenvalue weighted by Gasteiger charge is 2.09. The number of primary amides is 2. The molecule has 9 N–H and O–H groups in total. The lowest BCUT2D eigenvalue weighted by Crippen LogP contribution is -2.13. The molecule has 0 spiro atoms. The molecule has 0 heterocycles. The van der Waals surface area contributed by atoms with E-state index in [9.17, 15) is 18.9 Å². The summed E-state index contributed by atoms with van der Waals surface area (Å²) in [4.78, 5) is 31.4. The molecule has 2 rings (SSSR count). The lowest BCUT2D eigenvalue weighted by molar-refractivity contribution is 0.0696. The molecule has 0 aliphatic carbocycles. The molecule has 2 amide bonds. The maximum absolute atomic E-state index is 10.6. The van der Waals surface area contributed by atoms with Gasteiger partial charge < -0.3 is 31.3 Å². The number of hydrogen-bond donors (Lipinski definition) is 6. The predicted molar refractivity (Wildman–Crippen MR) is 113 cm³/mol. The van der Waals surface area contributed by atoms with Gasteiger partial charge in [0.25, 0.3) is 0 Å². The van der Waals surface area contributed by atoms with E-state index in [1.807, 2.05) is 0 Å². The molecule has 0 bridgehead atoms. The van der Waals surface area contributed by atoms with Gasteiger partial charge in [-0.1, -0.05) is 11.4 Å². The first kappa shape index (κ1) is 27.0. The van der Waals surface area contributed by atoms with Crippen molar-refractivity contribution in [3.63, 3.8) is 0 Å². The Labute approximate surface area is 176 Å². The quantitative estimate of drug-likeness (QED) is 0.281. The van der Waals surface area contributed by atoms with Crippen molar-refractivity contribution in [3.05, 3.63) is 59.2 Å². The molecule has 1 atom stereocenters. The molecule has 0 saturated carbocycles. The highest BCUT2D eigenvalue weighted by Crippen LogP contribution is 2.48. The number of phenolic OH excluding ortho intramolecular Hbond substituents is 2. The second kappa shape index (κ2) is 12.5. The third kappa shape index (κ3) is 9.94. The van der Waals surface area contributed by atoms with Gasteiger partial charge in [0, 0.05) is 18.2 Å².